The van der Waals surface area contributed by atoms with Crippen molar-refractivity contribution in [3.63, 3.8) is 0 Å². The number of hydrogen-bond acceptors (Lipinski definition) is 7. The van der Waals surface area contributed by atoms with E-state index in [1.165, 1.54) is 22.7 Å². The van der Waals surface area contributed by atoms with E-state index < -0.39 is 0 Å². The van der Waals surface area contributed by atoms with Gasteiger partial charge in [0.1, 0.15) is 0 Å². The minimum atomic E-state index is -0.313. The summed E-state index contributed by atoms with van der Waals surface area (Å²) in [5.41, 5.74) is -0.0257. The molecule has 5 nitrogen and oxygen atoms in total. The number of rotatable bonds is 5. The summed E-state index contributed by atoms with van der Waals surface area (Å²) in [5.74, 6) is 0.103. The van der Waals surface area contributed by atoms with Crippen LogP contribution < -0.4 is 5.56 Å². The summed E-state index contributed by atoms with van der Waals surface area (Å²) in [5, 5.41) is 10.1. The van der Waals surface area contributed by atoms with Gasteiger partial charge in [0.25, 0.3) is 5.56 Å². The zero-order valence-corrected chi connectivity index (χ0v) is 14.1. The molecule has 0 saturated carbocycles. The van der Waals surface area contributed by atoms with Gasteiger partial charge in [-0.15, -0.1) is 32.9 Å². The number of ketones is 1. The lowest BCUT2D eigenvalue weighted by atomic mass is 10.4. The van der Waals surface area contributed by atoms with E-state index >= 15 is 0 Å². The summed E-state index contributed by atoms with van der Waals surface area (Å²) in [4.78, 5) is 27.9. The SMILES string of the molecule is O=C(CSc1nnc(-c2cccs2)c(=O)[nH]1)c1ccc(Cl)s1. The number of halogens is 1. The second-order valence-electron chi connectivity index (χ2n) is 4.10. The fourth-order valence-electron chi connectivity index (χ4n) is 1.63. The first-order valence-corrected chi connectivity index (χ1v) is 9.11. The number of aromatic nitrogens is 3. The number of aromatic amines is 1. The van der Waals surface area contributed by atoms with Crippen LogP contribution in [0.3, 0.4) is 0 Å². The molecule has 0 aliphatic carbocycles. The maximum absolute atomic E-state index is 12.0. The number of nitrogens with one attached hydrogen (secondary N) is 1. The molecule has 0 fully saturated rings. The van der Waals surface area contributed by atoms with E-state index in [0.717, 1.165) is 16.6 Å². The highest BCUT2D eigenvalue weighted by molar-refractivity contribution is 7.99. The molecule has 0 bridgehead atoms. The van der Waals surface area contributed by atoms with Crippen LogP contribution in [-0.2, 0) is 0 Å². The molecule has 9 heteroatoms. The molecule has 0 aromatic carbocycles. The van der Waals surface area contributed by atoms with Gasteiger partial charge < -0.3 is 0 Å². The Bertz CT molecular complexity index is 858. The van der Waals surface area contributed by atoms with Gasteiger partial charge in [-0.25, -0.2) is 0 Å². The summed E-state index contributed by atoms with van der Waals surface area (Å²) in [6.07, 6.45) is 0. The Balaban J connectivity index is 1.70. The van der Waals surface area contributed by atoms with Crippen molar-refractivity contribution in [1.82, 2.24) is 15.2 Å². The van der Waals surface area contributed by atoms with Crippen molar-refractivity contribution >= 4 is 51.8 Å². The molecule has 3 aromatic rings. The average Bonchev–Trinajstić information content (AvgIpc) is 3.16. The van der Waals surface area contributed by atoms with Crippen LogP contribution in [0.4, 0.5) is 0 Å². The quantitative estimate of drug-likeness (QED) is 0.549. The van der Waals surface area contributed by atoms with Crippen molar-refractivity contribution in [3.8, 4) is 10.6 Å². The van der Waals surface area contributed by atoms with Crippen LogP contribution in [-0.4, -0.2) is 26.7 Å². The Morgan fingerprint density at radius 1 is 1.32 bits per heavy atom. The van der Waals surface area contributed by atoms with Gasteiger partial charge in [0.05, 0.1) is 19.8 Å². The molecule has 0 amide bonds. The fraction of sp³-hybridized carbons (Fsp3) is 0.0769. The van der Waals surface area contributed by atoms with Gasteiger partial charge in [0.15, 0.2) is 16.6 Å². The smallest absolute Gasteiger partial charge is 0.279 e. The summed E-state index contributed by atoms with van der Waals surface area (Å²) in [7, 11) is 0. The van der Waals surface area contributed by atoms with Crippen LogP contribution in [0.25, 0.3) is 10.6 Å². The molecule has 22 heavy (non-hydrogen) atoms. The number of hydrogen-bond donors (Lipinski definition) is 1. The van der Waals surface area contributed by atoms with Crippen molar-refractivity contribution in [3.05, 3.63) is 49.2 Å². The minimum absolute atomic E-state index is 0.0631. The summed E-state index contributed by atoms with van der Waals surface area (Å²) >= 11 is 9.59. The molecule has 0 unspecified atom stereocenters. The molecule has 112 valence electrons. The third kappa shape index (κ3) is 3.46. The van der Waals surface area contributed by atoms with E-state index in [-0.39, 0.29) is 22.8 Å². The standard InChI is InChI=1S/C13H8ClN3O2S3/c14-10-4-3-8(22-10)7(18)6-21-13-15-12(19)11(16-17-13)9-2-1-5-20-9/h1-5H,6H2,(H,15,17,19). The molecule has 3 rings (SSSR count). The van der Waals surface area contributed by atoms with E-state index in [1.807, 2.05) is 11.4 Å². The maximum Gasteiger partial charge on any atom is 0.279 e. The third-order valence-electron chi connectivity index (χ3n) is 2.62. The number of carbonyl (C=O) groups excluding carboxylic acids is 1. The highest BCUT2D eigenvalue weighted by atomic mass is 35.5. The van der Waals surface area contributed by atoms with Gasteiger partial charge in [-0.1, -0.05) is 29.4 Å². The topological polar surface area (TPSA) is 75.7 Å². The van der Waals surface area contributed by atoms with Crippen molar-refractivity contribution in [2.24, 2.45) is 0 Å². The van der Waals surface area contributed by atoms with Gasteiger partial charge in [-0.2, -0.15) is 0 Å². The molecule has 0 atom stereocenters. The second-order valence-corrected chi connectivity index (χ2v) is 7.73. The number of thiophene rings is 2. The van der Waals surface area contributed by atoms with E-state index in [9.17, 15) is 9.59 Å². The van der Waals surface area contributed by atoms with Crippen LogP contribution >= 0.6 is 46.0 Å². The van der Waals surface area contributed by atoms with Gasteiger partial charge in [-0.3, -0.25) is 14.6 Å². The normalized spacial score (nSPS) is 10.8. The number of Topliss-reactive ketones (excluding diaryl/α,β-unsaturated/α-hetero) is 1. The monoisotopic (exact) mass is 369 g/mol. The van der Waals surface area contributed by atoms with Crippen molar-refractivity contribution < 1.29 is 4.79 Å². The van der Waals surface area contributed by atoms with Crippen LogP contribution in [0.15, 0.2) is 39.6 Å². The molecule has 0 aliphatic rings. The first-order chi connectivity index (χ1) is 10.6. The minimum Gasteiger partial charge on any atom is -0.298 e. The first kappa shape index (κ1) is 15.4. The van der Waals surface area contributed by atoms with Crippen molar-refractivity contribution in [2.75, 3.05) is 5.75 Å². The Hall–Kier alpha value is -1.48. The zero-order valence-electron chi connectivity index (χ0n) is 10.9. The Morgan fingerprint density at radius 3 is 2.82 bits per heavy atom. The van der Waals surface area contributed by atoms with Crippen molar-refractivity contribution in [2.45, 2.75) is 5.16 Å². The molecule has 1 N–H and O–H groups in total. The second kappa shape index (κ2) is 6.74. The number of nitrogens with zero attached hydrogens (tertiary/aromatic N) is 2. The summed E-state index contributed by atoms with van der Waals surface area (Å²) in [6, 6.07) is 7.02. The van der Waals surface area contributed by atoms with Crippen LogP contribution in [0, 0.1) is 0 Å². The van der Waals surface area contributed by atoms with E-state index in [1.54, 1.807) is 18.2 Å². The van der Waals surface area contributed by atoms with Gasteiger partial charge in [-0.05, 0) is 23.6 Å². The van der Waals surface area contributed by atoms with Crippen LogP contribution in [0.5, 0.6) is 0 Å². The Labute approximate surface area is 142 Å². The highest BCUT2D eigenvalue weighted by Crippen LogP contribution is 2.24. The molecule has 0 aliphatic heterocycles. The van der Waals surface area contributed by atoms with Gasteiger partial charge >= 0.3 is 0 Å². The largest absolute Gasteiger partial charge is 0.298 e. The van der Waals surface area contributed by atoms with Gasteiger partial charge in [0.2, 0.25) is 0 Å². The van der Waals surface area contributed by atoms with E-state index in [4.69, 9.17) is 11.6 Å². The molecular formula is C13H8ClN3O2S3. The van der Waals surface area contributed by atoms with Crippen LogP contribution in [0.2, 0.25) is 4.34 Å². The fourth-order valence-corrected chi connectivity index (χ4v) is 4.10. The highest BCUT2D eigenvalue weighted by Gasteiger charge is 2.12. The predicted molar refractivity (Wildman–Crippen MR) is 90.3 cm³/mol. The lowest BCUT2D eigenvalue weighted by Gasteiger charge is -2.00. The van der Waals surface area contributed by atoms with Gasteiger partial charge in [0, 0.05) is 0 Å². The molecule has 0 radical (unpaired) electrons. The number of thioether (sulfide) groups is 1. The Morgan fingerprint density at radius 2 is 2.18 bits per heavy atom. The first-order valence-electron chi connectivity index (χ1n) is 6.05. The third-order valence-corrected chi connectivity index (χ3v) is 5.63. The predicted octanol–water partition coefficient (Wildman–Crippen LogP) is 3.58. The number of carbonyl (C=O) groups is 1. The average molecular weight is 370 g/mol. The molecule has 0 spiro atoms. The molecule has 0 saturated heterocycles. The van der Waals surface area contributed by atoms with E-state index in [0.29, 0.717) is 14.4 Å². The van der Waals surface area contributed by atoms with Crippen molar-refractivity contribution in [1.29, 1.82) is 0 Å². The number of H-pyrrole nitrogens is 1. The molecular weight excluding hydrogens is 362 g/mol. The van der Waals surface area contributed by atoms with Crippen LogP contribution in [0.1, 0.15) is 9.67 Å². The summed E-state index contributed by atoms with van der Waals surface area (Å²) < 4.78 is 0.571. The van der Waals surface area contributed by atoms with E-state index in [2.05, 4.69) is 15.2 Å². The molecule has 3 heterocycles. The maximum atomic E-state index is 12.0. The lowest BCUT2D eigenvalue weighted by molar-refractivity contribution is 0.102. The lowest BCUT2D eigenvalue weighted by Crippen LogP contribution is -2.14. The molecule has 3 aromatic heterocycles. The Kier molecular flexibility index (Phi) is 4.72. The summed E-state index contributed by atoms with van der Waals surface area (Å²) in [6.45, 7) is 0. The zero-order chi connectivity index (χ0) is 15.5.